The lowest BCUT2D eigenvalue weighted by molar-refractivity contribution is 0.414. The second kappa shape index (κ2) is 11.1. The Morgan fingerprint density at radius 1 is 1.15 bits per heavy atom. The van der Waals surface area contributed by atoms with Gasteiger partial charge in [0.15, 0.2) is 5.96 Å². The standard InChI is InChI=1S/C18H24N4O3S.HI/c1-20-26(23,24)17-5-3-4-15(12-17)13-22-18(19)21-11-10-14-6-8-16(25-2)9-7-14;/h3-9,12,20H,10-11,13H2,1-2H3,(H3,19,21,22);1H. The van der Waals surface area contributed by atoms with Gasteiger partial charge in [0.1, 0.15) is 5.75 Å². The number of ether oxygens (including phenoxy) is 1. The minimum absolute atomic E-state index is 0. The third-order valence-electron chi connectivity index (χ3n) is 3.79. The molecule has 0 saturated carbocycles. The van der Waals surface area contributed by atoms with Crippen LogP contribution in [0.25, 0.3) is 0 Å². The SMILES string of the molecule is CNS(=O)(=O)c1cccc(CN=C(N)NCCc2ccc(OC)cc2)c1.I. The van der Waals surface area contributed by atoms with Crippen molar-refractivity contribution in [1.29, 1.82) is 0 Å². The zero-order chi connectivity index (χ0) is 19.0. The molecule has 0 spiro atoms. The fourth-order valence-electron chi connectivity index (χ4n) is 2.29. The summed E-state index contributed by atoms with van der Waals surface area (Å²) in [5.74, 6) is 1.14. The third-order valence-corrected chi connectivity index (χ3v) is 5.20. The summed E-state index contributed by atoms with van der Waals surface area (Å²) in [4.78, 5) is 4.46. The van der Waals surface area contributed by atoms with Crippen LogP contribution in [-0.4, -0.2) is 35.1 Å². The van der Waals surface area contributed by atoms with E-state index in [1.54, 1.807) is 19.2 Å². The Balaban J connectivity index is 0.00000364. The molecule has 0 atom stereocenters. The Hall–Kier alpha value is -1.85. The van der Waals surface area contributed by atoms with E-state index in [0.717, 1.165) is 23.3 Å². The van der Waals surface area contributed by atoms with Gasteiger partial charge >= 0.3 is 0 Å². The summed E-state index contributed by atoms with van der Waals surface area (Å²) < 4.78 is 31.0. The van der Waals surface area contributed by atoms with E-state index in [0.29, 0.717) is 19.0 Å². The fourth-order valence-corrected chi connectivity index (χ4v) is 3.09. The van der Waals surface area contributed by atoms with Crippen molar-refractivity contribution in [3.8, 4) is 5.75 Å². The number of methoxy groups -OCH3 is 1. The van der Waals surface area contributed by atoms with Gasteiger partial charge in [-0.3, -0.25) is 0 Å². The molecule has 27 heavy (non-hydrogen) atoms. The number of benzene rings is 2. The minimum Gasteiger partial charge on any atom is -0.497 e. The molecule has 2 aromatic rings. The lowest BCUT2D eigenvalue weighted by Gasteiger charge is -2.07. The Morgan fingerprint density at radius 2 is 1.85 bits per heavy atom. The van der Waals surface area contributed by atoms with Crippen molar-refractivity contribution in [3.05, 3.63) is 59.7 Å². The Labute approximate surface area is 177 Å². The molecule has 0 aliphatic carbocycles. The molecule has 0 fully saturated rings. The minimum atomic E-state index is -3.46. The van der Waals surface area contributed by atoms with Crippen LogP contribution in [0.4, 0.5) is 0 Å². The monoisotopic (exact) mass is 504 g/mol. The molecule has 0 saturated heterocycles. The first-order chi connectivity index (χ1) is 12.4. The maximum Gasteiger partial charge on any atom is 0.240 e. The number of hydrogen-bond donors (Lipinski definition) is 3. The van der Waals surface area contributed by atoms with Crippen LogP contribution in [0.15, 0.2) is 58.4 Å². The van der Waals surface area contributed by atoms with Gasteiger partial charge in [-0.05, 0) is 48.9 Å². The van der Waals surface area contributed by atoms with Crippen molar-refractivity contribution in [1.82, 2.24) is 10.0 Å². The topological polar surface area (TPSA) is 106 Å². The van der Waals surface area contributed by atoms with E-state index < -0.39 is 10.0 Å². The maximum atomic E-state index is 11.8. The average Bonchev–Trinajstić information content (AvgIpc) is 2.67. The fraction of sp³-hybridized carbons (Fsp3) is 0.278. The molecule has 0 radical (unpaired) electrons. The number of nitrogens with two attached hydrogens (primary N) is 1. The van der Waals surface area contributed by atoms with Crippen molar-refractivity contribution >= 4 is 40.0 Å². The Bertz CT molecular complexity index is 855. The molecule has 4 N–H and O–H groups in total. The molecule has 0 aromatic heterocycles. The van der Waals surface area contributed by atoms with Crippen LogP contribution in [0.3, 0.4) is 0 Å². The molecule has 0 aliphatic rings. The number of halogens is 1. The highest BCUT2D eigenvalue weighted by Crippen LogP contribution is 2.12. The van der Waals surface area contributed by atoms with Crippen molar-refractivity contribution in [2.24, 2.45) is 10.7 Å². The number of hydrogen-bond acceptors (Lipinski definition) is 4. The van der Waals surface area contributed by atoms with Gasteiger partial charge in [-0.2, -0.15) is 0 Å². The van der Waals surface area contributed by atoms with Crippen molar-refractivity contribution in [3.63, 3.8) is 0 Å². The van der Waals surface area contributed by atoms with Crippen LogP contribution in [0.5, 0.6) is 5.75 Å². The molecule has 0 amide bonds. The van der Waals surface area contributed by atoms with E-state index in [4.69, 9.17) is 10.5 Å². The summed E-state index contributed by atoms with van der Waals surface area (Å²) in [6, 6.07) is 14.4. The first kappa shape index (κ1) is 23.2. The number of sulfonamides is 1. The first-order valence-corrected chi connectivity index (χ1v) is 9.62. The Kier molecular flexibility index (Phi) is 9.53. The second-order valence-electron chi connectivity index (χ2n) is 5.58. The van der Waals surface area contributed by atoms with Crippen LogP contribution in [0.2, 0.25) is 0 Å². The second-order valence-corrected chi connectivity index (χ2v) is 7.47. The molecule has 0 heterocycles. The van der Waals surface area contributed by atoms with Crippen molar-refractivity contribution < 1.29 is 13.2 Å². The van der Waals surface area contributed by atoms with E-state index in [1.807, 2.05) is 30.3 Å². The molecule has 0 aliphatic heterocycles. The molecular weight excluding hydrogens is 479 g/mol. The van der Waals surface area contributed by atoms with Crippen LogP contribution in [0, 0.1) is 0 Å². The van der Waals surface area contributed by atoms with Crippen LogP contribution in [0.1, 0.15) is 11.1 Å². The van der Waals surface area contributed by atoms with E-state index in [2.05, 4.69) is 15.0 Å². The number of guanidine groups is 1. The first-order valence-electron chi connectivity index (χ1n) is 8.14. The molecule has 0 bridgehead atoms. The third kappa shape index (κ3) is 7.35. The summed E-state index contributed by atoms with van der Waals surface area (Å²) in [6.07, 6.45) is 0.802. The molecule has 7 nitrogen and oxygen atoms in total. The molecule has 2 rings (SSSR count). The van der Waals surface area contributed by atoms with Gasteiger partial charge in [-0.1, -0.05) is 24.3 Å². The molecular formula is C18H25IN4O3S. The summed E-state index contributed by atoms with van der Waals surface area (Å²) in [7, 11) is -0.447. The van der Waals surface area contributed by atoms with E-state index in [1.165, 1.54) is 13.1 Å². The van der Waals surface area contributed by atoms with Gasteiger partial charge < -0.3 is 15.8 Å². The van der Waals surface area contributed by atoms with E-state index in [9.17, 15) is 8.42 Å². The van der Waals surface area contributed by atoms with E-state index >= 15 is 0 Å². The highest BCUT2D eigenvalue weighted by Gasteiger charge is 2.11. The number of nitrogens with one attached hydrogen (secondary N) is 2. The van der Waals surface area contributed by atoms with Gasteiger partial charge in [-0.15, -0.1) is 24.0 Å². The van der Waals surface area contributed by atoms with Gasteiger partial charge in [0.25, 0.3) is 0 Å². The summed E-state index contributed by atoms with van der Waals surface area (Å²) >= 11 is 0. The summed E-state index contributed by atoms with van der Waals surface area (Å²) in [6.45, 7) is 0.949. The highest BCUT2D eigenvalue weighted by molar-refractivity contribution is 14.0. The van der Waals surface area contributed by atoms with Gasteiger partial charge in [-0.25, -0.2) is 18.1 Å². The predicted molar refractivity (Wildman–Crippen MR) is 118 cm³/mol. The molecule has 0 unspecified atom stereocenters. The molecule has 148 valence electrons. The zero-order valence-electron chi connectivity index (χ0n) is 15.3. The lowest BCUT2D eigenvalue weighted by atomic mass is 10.1. The quantitative estimate of drug-likeness (QED) is 0.289. The summed E-state index contributed by atoms with van der Waals surface area (Å²) in [5, 5.41) is 3.05. The number of rotatable bonds is 8. The Morgan fingerprint density at radius 3 is 2.48 bits per heavy atom. The highest BCUT2D eigenvalue weighted by atomic mass is 127. The van der Waals surface area contributed by atoms with Crippen molar-refractivity contribution in [2.45, 2.75) is 17.9 Å². The van der Waals surface area contributed by atoms with Crippen molar-refractivity contribution in [2.75, 3.05) is 20.7 Å². The van der Waals surface area contributed by atoms with Crippen LogP contribution >= 0.6 is 24.0 Å². The van der Waals surface area contributed by atoms with Gasteiger partial charge in [0, 0.05) is 6.54 Å². The lowest BCUT2D eigenvalue weighted by Crippen LogP contribution is -2.33. The maximum absolute atomic E-state index is 11.8. The van der Waals surface area contributed by atoms with E-state index in [-0.39, 0.29) is 28.9 Å². The van der Waals surface area contributed by atoms with Crippen LogP contribution < -0.4 is 20.5 Å². The smallest absolute Gasteiger partial charge is 0.240 e. The van der Waals surface area contributed by atoms with Gasteiger partial charge in [0.2, 0.25) is 10.0 Å². The number of nitrogens with zero attached hydrogens (tertiary/aromatic N) is 1. The largest absolute Gasteiger partial charge is 0.497 e. The average molecular weight is 504 g/mol. The van der Waals surface area contributed by atoms with Gasteiger partial charge in [0.05, 0.1) is 18.6 Å². The number of aliphatic imine (C=N–C) groups is 1. The normalized spacial score (nSPS) is 11.6. The zero-order valence-corrected chi connectivity index (χ0v) is 18.5. The van der Waals surface area contributed by atoms with Crippen LogP contribution in [-0.2, 0) is 23.0 Å². The predicted octanol–water partition coefficient (Wildman–Crippen LogP) is 1.87. The summed E-state index contributed by atoms with van der Waals surface area (Å²) in [5.41, 5.74) is 7.80. The molecule has 9 heteroatoms. The molecule has 2 aromatic carbocycles.